The second-order valence-corrected chi connectivity index (χ2v) is 11.4. The van der Waals surface area contributed by atoms with Crippen molar-refractivity contribution in [3.05, 3.63) is 47.2 Å². The summed E-state index contributed by atoms with van der Waals surface area (Å²) in [6.07, 6.45) is 7.68. The molecule has 7 nitrogen and oxygen atoms in total. The number of β-amino-alcohol motifs (C(OH)–C–C–N with tert-alkyl or cyclic N) is 1. The fourth-order valence-corrected chi connectivity index (χ4v) is 6.81. The third-order valence-corrected chi connectivity index (χ3v) is 8.61. The van der Waals surface area contributed by atoms with E-state index in [-0.39, 0.29) is 5.54 Å². The summed E-state index contributed by atoms with van der Waals surface area (Å²) in [5.74, 6) is 0.983. The quantitative estimate of drug-likeness (QED) is 0.684. The Balaban J connectivity index is 1.27. The van der Waals surface area contributed by atoms with Crippen LogP contribution in [0.2, 0.25) is 0 Å². The highest BCUT2D eigenvalue weighted by Gasteiger charge is 2.45. The third kappa shape index (κ3) is 4.78. The molecule has 5 heterocycles. The van der Waals surface area contributed by atoms with Crippen molar-refractivity contribution in [1.82, 2.24) is 19.8 Å². The number of benzene rings is 1. The lowest BCUT2D eigenvalue weighted by molar-refractivity contribution is 0.0445. The first kappa shape index (κ1) is 23.2. The van der Waals surface area contributed by atoms with E-state index < -0.39 is 5.60 Å². The Bertz CT molecular complexity index is 1030. The van der Waals surface area contributed by atoms with Crippen LogP contribution in [0.1, 0.15) is 62.3 Å². The Hall–Kier alpha value is -2.22. The lowest BCUT2D eigenvalue weighted by Crippen LogP contribution is -2.47. The van der Waals surface area contributed by atoms with Crippen LogP contribution in [0.3, 0.4) is 0 Å². The van der Waals surface area contributed by atoms with Crippen LogP contribution in [0.25, 0.3) is 0 Å². The molecule has 3 saturated heterocycles. The van der Waals surface area contributed by atoms with E-state index in [1.807, 2.05) is 6.92 Å². The lowest BCUT2D eigenvalue weighted by atomic mass is 9.94. The Morgan fingerprint density at radius 1 is 0.971 bits per heavy atom. The van der Waals surface area contributed by atoms with E-state index in [9.17, 15) is 5.11 Å². The van der Waals surface area contributed by atoms with Gasteiger partial charge in [0.05, 0.1) is 16.8 Å². The molecule has 0 bridgehead atoms. The molecule has 0 unspecified atom stereocenters. The molecule has 4 aliphatic rings. The van der Waals surface area contributed by atoms with Gasteiger partial charge in [-0.2, -0.15) is 9.97 Å². The zero-order valence-electron chi connectivity index (χ0n) is 21.1. The van der Waals surface area contributed by atoms with Gasteiger partial charge < -0.3 is 14.7 Å². The molecule has 0 spiro atoms. The van der Waals surface area contributed by atoms with Crippen molar-refractivity contribution in [1.29, 1.82) is 0 Å². The molecule has 35 heavy (non-hydrogen) atoms. The van der Waals surface area contributed by atoms with Gasteiger partial charge in [0.1, 0.15) is 12.4 Å². The van der Waals surface area contributed by atoms with Gasteiger partial charge in [-0.05, 0) is 70.5 Å². The van der Waals surface area contributed by atoms with E-state index in [1.165, 1.54) is 49.9 Å². The first-order valence-corrected chi connectivity index (χ1v) is 13.5. The fraction of sp³-hybridized carbons (Fsp3) is 0.643. The molecule has 1 atom stereocenters. The maximum atomic E-state index is 10.8. The molecule has 2 aromatic rings. The number of aromatic nitrogens is 2. The molecule has 7 heteroatoms. The van der Waals surface area contributed by atoms with Crippen molar-refractivity contribution < 1.29 is 9.84 Å². The predicted octanol–water partition coefficient (Wildman–Crippen LogP) is 3.39. The number of hydrogen-bond acceptors (Lipinski definition) is 7. The highest BCUT2D eigenvalue weighted by atomic mass is 16.5. The number of aliphatic hydroxyl groups is 1. The van der Waals surface area contributed by atoms with E-state index in [0.29, 0.717) is 19.2 Å². The molecule has 0 saturated carbocycles. The van der Waals surface area contributed by atoms with Crippen molar-refractivity contribution in [2.45, 2.75) is 76.1 Å². The van der Waals surface area contributed by atoms with E-state index in [0.717, 1.165) is 57.0 Å². The number of anilines is 1. The van der Waals surface area contributed by atoms with E-state index in [2.05, 4.69) is 45.0 Å². The molecule has 0 aliphatic carbocycles. The Labute approximate surface area is 209 Å². The van der Waals surface area contributed by atoms with Gasteiger partial charge in [0.25, 0.3) is 0 Å². The second-order valence-electron chi connectivity index (χ2n) is 11.4. The molecule has 4 aliphatic heterocycles. The normalized spacial score (nSPS) is 26.5. The molecular formula is C28H39N5O2. The molecule has 1 aromatic heterocycles. The summed E-state index contributed by atoms with van der Waals surface area (Å²) in [5.41, 5.74) is 3.15. The van der Waals surface area contributed by atoms with Crippen LogP contribution >= 0.6 is 0 Å². The van der Waals surface area contributed by atoms with Crippen LogP contribution in [0, 0.1) is 0 Å². The smallest absolute Gasteiger partial charge is 0.318 e. The number of hydrogen-bond donors (Lipinski definition) is 1. The molecule has 3 fully saturated rings. The van der Waals surface area contributed by atoms with Crippen molar-refractivity contribution in [2.75, 3.05) is 44.2 Å². The number of ether oxygens (including phenoxy) is 1. The first-order chi connectivity index (χ1) is 17.0. The number of nitrogens with zero attached hydrogens (tertiary/aromatic N) is 5. The van der Waals surface area contributed by atoms with Gasteiger partial charge in [-0.3, -0.25) is 9.80 Å². The van der Waals surface area contributed by atoms with Crippen molar-refractivity contribution >= 4 is 5.82 Å². The van der Waals surface area contributed by atoms with Gasteiger partial charge in [-0.25, -0.2) is 0 Å². The summed E-state index contributed by atoms with van der Waals surface area (Å²) in [7, 11) is 0. The minimum absolute atomic E-state index is 0.174. The van der Waals surface area contributed by atoms with Crippen LogP contribution in [0.5, 0.6) is 6.01 Å². The highest BCUT2D eigenvalue weighted by molar-refractivity contribution is 5.52. The van der Waals surface area contributed by atoms with Crippen LogP contribution in [-0.2, 0) is 19.5 Å². The van der Waals surface area contributed by atoms with Gasteiger partial charge in [-0.15, -0.1) is 0 Å². The average Bonchev–Trinajstić information content (AvgIpc) is 3.43. The van der Waals surface area contributed by atoms with E-state index in [4.69, 9.17) is 14.7 Å². The molecular weight excluding hydrogens is 438 g/mol. The van der Waals surface area contributed by atoms with Crippen molar-refractivity contribution in [2.24, 2.45) is 0 Å². The molecule has 6 rings (SSSR count). The van der Waals surface area contributed by atoms with Crippen LogP contribution in [-0.4, -0.2) is 75.3 Å². The molecule has 1 N–H and O–H groups in total. The predicted molar refractivity (Wildman–Crippen MR) is 137 cm³/mol. The lowest BCUT2D eigenvalue weighted by Gasteiger charge is -2.39. The summed E-state index contributed by atoms with van der Waals surface area (Å²) >= 11 is 0. The highest BCUT2D eigenvalue weighted by Crippen LogP contribution is 2.39. The first-order valence-electron chi connectivity index (χ1n) is 13.5. The Morgan fingerprint density at radius 3 is 2.51 bits per heavy atom. The van der Waals surface area contributed by atoms with Gasteiger partial charge in [0, 0.05) is 38.3 Å². The Kier molecular flexibility index (Phi) is 6.19. The van der Waals surface area contributed by atoms with Crippen LogP contribution in [0.15, 0.2) is 30.3 Å². The molecule has 1 aromatic carbocycles. The monoisotopic (exact) mass is 477 g/mol. The van der Waals surface area contributed by atoms with Gasteiger partial charge >= 0.3 is 6.01 Å². The number of rotatable bonds is 6. The standard InChI is InChI=1S/C28H39N5O2/c1-27(34)11-5-14-32(20-27)25-23-10-17-31(18-22-8-3-2-4-9-22)19-24(23)29-26(30-25)35-21-28-12-6-15-33(28)16-7-13-28/h2-4,8-9,34H,5-7,10-21H2,1H3/t27-/m1/s1. The van der Waals surface area contributed by atoms with Gasteiger partial charge in [-0.1, -0.05) is 30.3 Å². The van der Waals surface area contributed by atoms with E-state index in [1.54, 1.807) is 0 Å². The van der Waals surface area contributed by atoms with E-state index >= 15 is 0 Å². The largest absolute Gasteiger partial charge is 0.461 e. The summed E-state index contributed by atoms with van der Waals surface area (Å²) in [6.45, 7) is 9.25. The minimum atomic E-state index is -0.682. The number of piperidine rings is 1. The Morgan fingerprint density at radius 2 is 1.74 bits per heavy atom. The number of fused-ring (bicyclic) bond motifs is 2. The summed E-state index contributed by atoms with van der Waals surface area (Å²) in [4.78, 5) is 17.4. The summed E-state index contributed by atoms with van der Waals surface area (Å²) < 4.78 is 6.43. The maximum absolute atomic E-state index is 10.8. The van der Waals surface area contributed by atoms with Crippen LogP contribution in [0.4, 0.5) is 5.82 Å². The third-order valence-electron chi connectivity index (χ3n) is 8.61. The maximum Gasteiger partial charge on any atom is 0.318 e. The topological polar surface area (TPSA) is 65.0 Å². The van der Waals surface area contributed by atoms with Crippen molar-refractivity contribution in [3.8, 4) is 6.01 Å². The molecule has 188 valence electrons. The summed E-state index contributed by atoms with van der Waals surface area (Å²) in [6, 6.07) is 11.2. The van der Waals surface area contributed by atoms with Gasteiger partial charge in [0.2, 0.25) is 0 Å². The second kappa shape index (κ2) is 9.34. The average molecular weight is 478 g/mol. The SMILES string of the molecule is C[C@@]1(O)CCCN(c2nc(OCC34CCCN3CCC4)nc3c2CCN(Cc2ccccc2)C3)C1. The fourth-order valence-electron chi connectivity index (χ4n) is 6.81. The van der Waals surface area contributed by atoms with Crippen molar-refractivity contribution in [3.63, 3.8) is 0 Å². The molecule has 0 radical (unpaired) electrons. The zero-order chi connectivity index (χ0) is 23.9. The van der Waals surface area contributed by atoms with Crippen LogP contribution < -0.4 is 9.64 Å². The summed E-state index contributed by atoms with van der Waals surface area (Å²) in [5, 5.41) is 10.8. The zero-order valence-corrected chi connectivity index (χ0v) is 21.1. The van der Waals surface area contributed by atoms with Gasteiger partial charge in [0.15, 0.2) is 0 Å². The minimum Gasteiger partial charge on any atom is -0.461 e. The molecule has 0 amide bonds.